The van der Waals surface area contributed by atoms with Crippen LogP contribution in [0.3, 0.4) is 0 Å². The van der Waals surface area contributed by atoms with Gasteiger partial charge >= 0.3 is 6.01 Å². The number of nitrogens with two attached hydrogens (primary N) is 1. The summed E-state index contributed by atoms with van der Waals surface area (Å²) >= 11 is 0. The molecule has 0 unspecified atom stereocenters. The zero-order valence-electron chi connectivity index (χ0n) is 17.1. The second-order valence-electron chi connectivity index (χ2n) is 7.51. The molecule has 1 aromatic heterocycles. The number of hydrogen-bond donors (Lipinski definition) is 2. The molecule has 0 spiro atoms. The summed E-state index contributed by atoms with van der Waals surface area (Å²) in [5.74, 6) is 0.187. The molecule has 160 valence electrons. The summed E-state index contributed by atoms with van der Waals surface area (Å²) in [6, 6.07) is 8.61. The van der Waals surface area contributed by atoms with Gasteiger partial charge in [0.05, 0.1) is 30.2 Å². The van der Waals surface area contributed by atoms with E-state index in [9.17, 15) is 9.90 Å². The molecule has 0 bridgehead atoms. The molecule has 1 fully saturated rings. The summed E-state index contributed by atoms with van der Waals surface area (Å²) < 4.78 is 11.0. The maximum Gasteiger partial charge on any atom is 0.318 e. The van der Waals surface area contributed by atoms with E-state index in [2.05, 4.69) is 25.1 Å². The van der Waals surface area contributed by atoms with Crippen LogP contribution in [0.25, 0.3) is 0 Å². The highest BCUT2D eigenvalue weighted by molar-refractivity contribution is 5.93. The normalized spacial score (nSPS) is 14.8. The number of amides is 1. The average molecular weight is 414 g/mol. The van der Waals surface area contributed by atoms with Crippen molar-refractivity contribution in [3.05, 3.63) is 41.6 Å². The van der Waals surface area contributed by atoms with Gasteiger partial charge in [0.1, 0.15) is 19.0 Å². The first kappa shape index (κ1) is 21.6. The molecule has 1 aliphatic heterocycles. The number of morpholine rings is 1. The zero-order valence-corrected chi connectivity index (χ0v) is 17.1. The van der Waals surface area contributed by atoms with Crippen molar-refractivity contribution in [2.45, 2.75) is 26.0 Å². The summed E-state index contributed by atoms with van der Waals surface area (Å²) in [7, 11) is 0. The minimum absolute atomic E-state index is 0.0560. The van der Waals surface area contributed by atoms with Gasteiger partial charge in [-0.15, -0.1) is 0 Å². The molecule has 0 saturated carbocycles. The fourth-order valence-corrected chi connectivity index (χ4v) is 2.71. The Morgan fingerprint density at radius 1 is 1.30 bits per heavy atom. The van der Waals surface area contributed by atoms with Crippen LogP contribution in [-0.2, 0) is 11.3 Å². The van der Waals surface area contributed by atoms with E-state index in [0.717, 1.165) is 0 Å². The minimum atomic E-state index is -1.01. The number of aromatic nitrogens is 2. The lowest BCUT2D eigenvalue weighted by Crippen LogP contribution is -2.37. The molecule has 0 atom stereocenters. The molecule has 0 radical (unpaired) electrons. The molecule has 10 nitrogen and oxygen atoms in total. The van der Waals surface area contributed by atoms with Crippen LogP contribution < -0.4 is 15.4 Å². The number of anilines is 1. The van der Waals surface area contributed by atoms with E-state index in [-0.39, 0.29) is 19.2 Å². The lowest BCUT2D eigenvalue weighted by atomic mass is 10.2. The van der Waals surface area contributed by atoms with Gasteiger partial charge < -0.3 is 25.2 Å². The maximum absolute atomic E-state index is 11.3. The van der Waals surface area contributed by atoms with Crippen LogP contribution in [0, 0.1) is 0 Å². The van der Waals surface area contributed by atoms with Crippen LogP contribution in [0.1, 0.15) is 29.9 Å². The topological polar surface area (TPSA) is 136 Å². The largest absolute Gasteiger partial charge is 0.460 e. The van der Waals surface area contributed by atoms with Crippen LogP contribution in [-0.4, -0.2) is 59.5 Å². The lowest BCUT2D eigenvalue weighted by molar-refractivity contribution is 0.0249. The van der Waals surface area contributed by atoms with Crippen LogP contribution >= 0.6 is 0 Å². The Morgan fingerprint density at radius 3 is 2.77 bits per heavy atom. The highest BCUT2D eigenvalue weighted by Crippen LogP contribution is 2.20. The van der Waals surface area contributed by atoms with Crippen LogP contribution in [0.15, 0.2) is 40.6 Å². The molecule has 2 heterocycles. The third kappa shape index (κ3) is 6.46. The number of azo groups is 1. The first-order chi connectivity index (χ1) is 14.3. The molecular formula is C20H26N6O4. The van der Waals surface area contributed by atoms with Gasteiger partial charge in [0.2, 0.25) is 5.91 Å². The number of carbonyl (C=O) groups excluding carboxylic acids is 1. The Morgan fingerprint density at radius 2 is 2.07 bits per heavy atom. The molecule has 1 aromatic carbocycles. The number of carbonyl (C=O) groups is 1. The second-order valence-corrected chi connectivity index (χ2v) is 7.51. The van der Waals surface area contributed by atoms with Crippen molar-refractivity contribution in [3.8, 4) is 6.01 Å². The minimum Gasteiger partial charge on any atom is -0.460 e. The fourth-order valence-electron chi connectivity index (χ4n) is 2.71. The van der Waals surface area contributed by atoms with Crippen molar-refractivity contribution in [3.63, 3.8) is 0 Å². The third-order valence-corrected chi connectivity index (χ3v) is 4.18. The molecule has 1 saturated heterocycles. The predicted molar refractivity (Wildman–Crippen MR) is 110 cm³/mol. The van der Waals surface area contributed by atoms with E-state index < -0.39 is 11.5 Å². The Kier molecular flexibility index (Phi) is 6.91. The van der Waals surface area contributed by atoms with E-state index >= 15 is 0 Å². The number of nitrogens with zero attached hydrogens (tertiary/aromatic N) is 5. The molecule has 2 aromatic rings. The Balaban J connectivity index is 1.77. The van der Waals surface area contributed by atoms with Gasteiger partial charge in [-0.25, -0.2) is 0 Å². The van der Waals surface area contributed by atoms with Crippen molar-refractivity contribution >= 4 is 17.4 Å². The Hall–Kier alpha value is -3.11. The van der Waals surface area contributed by atoms with Gasteiger partial charge in [-0.1, -0.05) is 6.07 Å². The van der Waals surface area contributed by atoms with Gasteiger partial charge in [0, 0.05) is 24.7 Å². The van der Waals surface area contributed by atoms with Crippen molar-refractivity contribution < 1.29 is 19.4 Å². The number of benzene rings is 1. The van der Waals surface area contributed by atoms with Crippen molar-refractivity contribution in [1.29, 1.82) is 0 Å². The van der Waals surface area contributed by atoms with Gasteiger partial charge in [0.25, 0.3) is 0 Å². The summed E-state index contributed by atoms with van der Waals surface area (Å²) in [5, 5.41) is 18.2. The molecule has 30 heavy (non-hydrogen) atoms. The summed E-state index contributed by atoms with van der Waals surface area (Å²) in [6.45, 7) is 6.21. The van der Waals surface area contributed by atoms with Crippen molar-refractivity contribution in [2.75, 3.05) is 37.8 Å². The van der Waals surface area contributed by atoms with Crippen LogP contribution in [0.2, 0.25) is 0 Å². The molecular weight excluding hydrogens is 388 g/mol. The Bertz CT molecular complexity index is 906. The number of rotatable bonds is 8. The zero-order chi connectivity index (χ0) is 21.6. The summed E-state index contributed by atoms with van der Waals surface area (Å²) in [5.41, 5.74) is 5.79. The van der Waals surface area contributed by atoms with E-state index in [0.29, 0.717) is 49.1 Å². The van der Waals surface area contributed by atoms with E-state index in [4.69, 9.17) is 15.2 Å². The summed E-state index contributed by atoms with van der Waals surface area (Å²) in [4.78, 5) is 22.2. The highest BCUT2D eigenvalue weighted by atomic mass is 16.5. The first-order valence-corrected chi connectivity index (χ1v) is 9.63. The molecule has 3 rings (SSSR count). The smallest absolute Gasteiger partial charge is 0.318 e. The molecule has 1 amide bonds. The summed E-state index contributed by atoms with van der Waals surface area (Å²) in [6.07, 6.45) is 0. The van der Waals surface area contributed by atoms with Crippen LogP contribution in [0.4, 0.5) is 11.5 Å². The molecule has 1 aliphatic rings. The maximum atomic E-state index is 11.3. The van der Waals surface area contributed by atoms with E-state index in [1.165, 1.54) is 0 Å². The SMILES string of the molecule is CC(C)(O)COc1nc(CN=Nc2cccc(C(N)=O)c2)cc(N2CCOCC2)n1. The first-order valence-electron chi connectivity index (χ1n) is 9.63. The Labute approximate surface area is 174 Å². The standard InChI is InChI=1S/C20H26N6O4/c1-20(2,28)13-30-19-23-16(11-17(24-19)26-6-8-29-9-7-26)12-22-25-15-5-3-4-14(10-15)18(21)27/h3-5,10-11,28H,6-9,12-13H2,1-2H3,(H2,21,27). The van der Waals surface area contributed by atoms with Gasteiger partial charge in [-0.2, -0.15) is 20.2 Å². The number of primary amides is 1. The van der Waals surface area contributed by atoms with Crippen molar-refractivity contribution in [1.82, 2.24) is 9.97 Å². The predicted octanol–water partition coefficient (Wildman–Crippen LogP) is 1.85. The van der Waals surface area contributed by atoms with Crippen molar-refractivity contribution in [2.24, 2.45) is 16.0 Å². The van der Waals surface area contributed by atoms with Crippen LogP contribution in [0.5, 0.6) is 6.01 Å². The van der Waals surface area contributed by atoms with Gasteiger partial charge in [0.15, 0.2) is 0 Å². The molecule has 10 heteroatoms. The second kappa shape index (κ2) is 9.59. The quantitative estimate of drug-likeness (QED) is 0.629. The monoisotopic (exact) mass is 414 g/mol. The van der Waals surface area contributed by atoms with Gasteiger partial charge in [-0.3, -0.25) is 4.79 Å². The number of aliphatic hydroxyl groups is 1. The highest BCUT2D eigenvalue weighted by Gasteiger charge is 2.18. The van der Waals surface area contributed by atoms with Gasteiger partial charge in [-0.05, 0) is 32.0 Å². The molecule has 3 N–H and O–H groups in total. The average Bonchev–Trinajstić information content (AvgIpc) is 2.72. The molecule has 0 aliphatic carbocycles. The van der Waals surface area contributed by atoms with E-state index in [1.807, 2.05) is 6.07 Å². The number of ether oxygens (including phenoxy) is 2. The van der Waals surface area contributed by atoms with E-state index in [1.54, 1.807) is 38.1 Å². The number of hydrogen-bond acceptors (Lipinski definition) is 9. The fraction of sp³-hybridized carbons (Fsp3) is 0.450. The third-order valence-electron chi connectivity index (χ3n) is 4.18. The lowest BCUT2D eigenvalue weighted by Gasteiger charge is -2.28.